The number of hydrogen-bond donors (Lipinski definition) is 0. The number of carbonyl (C=O) groups excluding carboxylic acids is 1. The van der Waals surface area contributed by atoms with Gasteiger partial charge >= 0.3 is 5.97 Å². The molecule has 0 aliphatic carbocycles. The number of hydrogen-bond acceptors (Lipinski definition) is 2. The summed E-state index contributed by atoms with van der Waals surface area (Å²) in [5.41, 5.74) is 0.166. The van der Waals surface area contributed by atoms with Gasteiger partial charge in [-0.05, 0) is 17.9 Å². The third-order valence-corrected chi connectivity index (χ3v) is 1.98. The fraction of sp³-hybridized carbons (Fsp3) is 0.462. The highest BCUT2D eigenvalue weighted by Gasteiger charge is 2.13. The molecule has 0 unspecified atom stereocenters. The molecule has 0 bridgehead atoms. The Balaban J connectivity index is 2.38. The van der Waals surface area contributed by atoms with Crippen LogP contribution in [0.25, 0.3) is 0 Å². The van der Waals surface area contributed by atoms with Gasteiger partial charge < -0.3 is 4.74 Å². The maximum Gasteiger partial charge on any atom is 0.311 e. The summed E-state index contributed by atoms with van der Waals surface area (Å²) in [6.45, 7) is 6.32. The van der Waals surface area contributed by atoms with Crippen molar-refractivity contribution in [1.82, 2.24) is 0 Å². The molecule has 0 aliphatic heterocycles. The molecule has 81 valence electrons. The van der Waals surface area contributed by atoms with Gasteiger partial charge in [0.2, 0.25) is 0 Å². The first-order valence-electron chi connectivity index (χ1n) is 5.15. The van der Waals surface area contributed by atoms with Crippen molar-refractivity contribution in [3.63, 3.8) is 0 Å². The van der Waals surface area contributed by atoms with Gasteiger partial charge in [-0.2, -0.15) is 0 Å². The van der Waals surface area contributed by atoms with Crippen molar-refractivity contribution >= 4 is 5.97 Å². The topological polar surface area (TPSA) is 26.3 Å². The van der Waals surface area contributed by atoms with E-state index in [4.69, 9.17) is 4.74 Å². The van der Waals surface area contributed by atoms with Crippen LogP contribution in [0, 0.1) is 11.5 Å². The van der Waals surface area contributed by atoms with E-state index in [1.807, 2.05) is 12.1 Å². The van der Waals surface area contributed by atoms with E-state index in [1.165, 1.54) is 0 Å². The molecule has 0 fully saturated rings. The quantitative estimate of drug-likeness (QED) is 0.559. The number of para-hydroxylation sites is 1. The summed E-state index contributed by atoms with van der Waals surface area (Å²) in [7, 11) is 0. The molecule has 0 aromatic heterocycles. The Morgan fingerprint density at radius 2 is 2.13 bits per heavy atom. The maximum atomic E-state index is 11.4. The van der Waals surface area contributed by atoms with Gasteiger partial charge in [0.05, 0.1) is 0 Å². The molecule has 0 heterocycles. The number of esters is 1. The minimum atomic E-state index is -0.188. The zero-order valence-corrected chi connectivity index (χ0v) is 9.54. The third kappa shape index (κ3) is 5.21. The van der Waals surface area contributed by atoms with E-state index in [1.54, 1.807) is 12.1 Å². The van der Waals surface area contributed by atoms with Gasteiger partial charge in [-0.1, -0.05) is 39.0 Å². The lowest BCUT2D eigenvalue weighted by Gasteiger charge is -2.16. The summed E-state index contributed by atoms with van der Waals surface area (Å²) in [4.78, 5) is 11.4. The smallest absolute Gasteiger partial charge is 0.311 e. The third-order valence-electron chi connectivity index (χ3n) is 1.98. The highest BCUT2D eigenvalue weighted by molar-refractivity contribution is 5.72. The first-order chi connectivity index (χ1) is 6.97. The first kappa shape index (κ1) is 11.8. The van der Waals surface area contributed by atoms with Crippen molar-refractivity contribution < 1.29 is 9.53 Å². The van der Waals surface area contributed by atoms with Crippen molar-refractivity contribution in [3.05, 3.63) is 30.3 Å². The summed E-state index contributed by atoms with van der Waals surface area (Å²) in [5, 5.41) is 0. The van der Waals surface area contributed by atoms with Gasteiger partial charge in [-0.15, -0.1) is 0 Å². The molecule has 0 saturated carbocycles. The second kappa shape index (κ2) is 4.96. The molecule has 1 rings (SSSR count). The van der Waals surface area contributed by atoms with E-state index >= 15 is 0 Å². The average molecular weight is 205 g/mol. The summed E-state index contributed by atoms with van der Waals surface area (Å²) in [6, 6.07) is 9.98. The molecular weight excluding hydrogens is 188 g/mol. The van der Waals surface area contributed by atoms with E-state index in [2.05, 4.69) is 26.8 Å². The minimum Gasteiger partial charge on any atom is -0.426 e. The molecule has 2 heteroatoms. The number of benzene rings is 1. The van der Waals surface area contributed by atoms with Crippen LogP contribution in [0.1, 0.15) is 33.6 Å². The Morgan fingerprint density at radius 3 is 2.67 bits per heavy atom. The van der Waals surface area contributed by atoms with Crippen LogP contribution in [-0.4, -0.2) is 5.97 Å². The Labute approximate surface area is 91.3 Å². The van der Waals surface area contributed by atoms with Gasteiger partial charge in [0.15, 0.2) is 0 Å². The zero-order valence-electron chi connectivity index (χ0n) is 9.54. The molecule has 1 radical (unpaired) electrons. The van der Waals surface area contributed by atoms with E-state index in [0.29, 0.717) is 12.2 Å². The Kier molecular flexibility index (Phi) is 3.89. The highest BCUT2D eigenvalue weighted by Crippen LogP contribution is 2.21. The van der Waals surface area contributed by atoms with Crippen molar-refractivity contribution in [2.24, 2.45) is 5.41 Å². The molecule has 1 aromatic carbocycles. The zero-order chi connectivity index (χ0) is 11.3. The molecule has 0 aliphatic rings. The summed E-state index contributed by atoms with van der Waals surface area (Å²) >= 11 is 0. The minimum absolute atomic E-state index is 0.166. The number of ether oxygens (including phenoxy) is 1. The van der Waals surface area contributed by atoms with Crippen LogP contribution < -0.4 is 4.74 Å². The second-order valence-electron chi connectivity index (χ2n) is 4.76. The molecule has 0 N–H and O–H groups in total. The standard InChI is InChI=1S/C13H17O2/c1-13(2,3)10-9-12(14)15-11-7-5-4-6-8-11/h4-7H,9-10H2,1-3H3. The fourth-order valence-corrected chi connectivity index (χ4v) is 1.09. The van der Waals surface area contributed by atoms with E-state index in [9.17, 15) is 4.79 Å². The Morgan fingerprint density at radius 1 is 1.40 bits per heavy atom. The van der Waals surface area contributed by atoms with Gasteiger partial charge in [0, 0.05) is 12.5 Å². The van der Waals surface area contributed by atoms with Gasteiger partial charge in [-0.3, -0.25) is 4.79 Å². The maximum absolute atomic E-state index is 11.4. The van der Waals surface area contributed by atoms with E-state index in [0.717, 1.165) is 6.42 Å². The van der Waals surface area contributed by atoms with Crippen LogP contribution in [0.5, 0.6) is 5.75 Å². The van der Waals surface area contributed by atoms with Gasteiger partial charge in [0.1, 0.15) is 5.75 Å². The van der Waals surface area contributed by atoms with Crippen LogP contribution in [-0.2, 0) is 4.79 Å². The Hall–Kier alpha value is -1.31. The summed E-state index contributed by atoms with van der Waals surface area (Å²) in [5.74, 6) is 0.309. The van der Waals surface area contributed by atoms with Crippen molar-refractivity contribution in [3.8, 4) is 5.75 Å². The monoisotopic (exact) mass is 205 g/mol. The van der Waals surface area contributed by atoms with Crippen molar-refractivity contribution in [1.29, 1.82) is 0 Å². The predicted octanol–water partition coefficient (Wildman–Crippen LogP) is 3.22. The van der Waals surface area contributed by atoms with Crippen LogP contribution in [0.15, 0.2) is 24.3 Å². The lowest BCUT2D eigenvalue weighted by atomic mass is 9.91. The fourth-order valence-electron chi connectivity index (χ4n) is 1.09. The van der Waals surface area contributed by atoms with Crippen LogP contribution >= 0.6 is 0 Å². The highest BCUT2D eigenvalue weighted by atomic mass is 16.5. The average Bonchev–Trinajstić information content (AvgIpc) is 2.15. The SMILES string of the molecule is CC(C)(C)CCC(=O)Oc1[c]cccc1. The van der Waals surface area contributed by atoms with Crippen LogP contribution in [0.4, 0.5) is 0 Å². The molecule has 15 heavy (non-hydrogen) atoms. The molecule has 0 spiro atoms. The number of rotatable bonds is 3. The lowest BCUT2D eigenvalue weighted by Crippen LogP contribution is -2.13. The first-order valence-corrected chi connectivity index (χ1v) is 5.15. The second-order valence-corrected chi connectivity index (χ2v) is 4.76. The van der Waals surface area contributed by atoms with Crippen LogP contribution in [0.2, 0.25) is 0 Å². The molecule has 0 saturated heterocycles. The van der Waals surface area contributed by atoms with E-state index < -0.39 is 0 Å². The lowest BCUT2D eigenvalue weighted by molar-refractivity contribution is -0.134. The van der Waals surface area contributed by atoms with E-state index in [-0.39, 0.29) is 11.4 Å². The normalized spacial score (nSPS) is 11.1. The number of carbonyl (C=O) groups is 1. The van der Waals surface area contributed by atoms with Crippen LogP contribution in [0.3, 0.4) is 0 Å². The van der Waals surface area contributed by atoms with Crippen molar-refractivity contribution in [2.45, 2.75) is 33.6 Å². The molecule has 0 amide bonds. The predicted molar refractivity (Wildman–Crippen MR) is 59.6 cm³/mol. The molecule has 1 aromatic rings. The van der Waals surface area contributed by atoms with Crippen molar-refractivity contribution in [2.75, 3.05) is 0 Å². The van der Waals surface area contributed by atoms with Gasteiger partial charge in [-0.25, -0.2) is 0 Å². The summed E-state index contributed by atoms with van der Waals surface area (Å²) < 4.78 is 5.12. The molecule has 0 atom stereocenters. The van der Waals surface area contributed by atoms with Gasteiger partial charge in [0.25, 0.3) is 0 Å². The summed E-state index contributed by atoms with van der Waals surface area (Å²) in [6.07, 6.45) is 1.28. The Bertz CT molecular complexity index is 309. The molecular formula is C13H17O2. The largest absolute Gasteiger partial charge is 0.426 e. The molecule has 2 nitrogen and oxygen atoms in total.